The van der Waals surface area contributed by atoms with Crippen molar-refractivity contribution >= 4 is 0 Å². The molecule has 1 aromatic carbocycles. The Morgan fingerprint density at radius 3 is 2.48 bits per heavy atom. The van der Waals surface area contributed by atoms with Crippen LogP contribution in [0, 0.1) is 5.82 Å². The highest BCUT2D eigenvalue weighted by molar-refractivity contribution is 5.58. The van der Waals surface area contributed by atoms with Gasteiger partial charge in [-0.15, -0.1) is 0 Å². The van der Waals surface area contributed by atoms with Gasteiger partial charge in [0.25, 0.3) is 0 Å². The van der Waals surface area contributed by atoms with Gasteiger partial charge in [0, 0.05) is 0 Å². The molecule has 0 unspecified atom stereocenters. The van der Waals surface area contributed by atoms with Crippen LogP contribution >= 0.6 is 0 Å². The Kier molecular flexibility index (Phi) is 5.20. The maximum absolute atomic E-state index is 13.6. The molecule has 21 heavy (non-hydrogen) atoms. The molecule has 110 valence electrons. The van der Waals surface area contributed by atoms with Crippen LogP contribution in [0.3, 0.4) is 0 Å². The number of hydrogen-bond acceptors (Lipinski definition) is 3. The van der Waals surface area contributed by atoms with E-state index in [2.05, 4.69) is 5.32 Å². The molecular formula is C16H14ClFNO2-. The maximum atomic E-state index is 13.6. The molecule has 3 nitrogen and oxygen atoms in total. The molecule has 0 aliphatic heterocycles. The molecule has 0 radical (unpaired) electrons. The van der Waals surface area contributed by atoms with Gasteiger partial charge in [-0.25, -0.2) is 4.39 Å². The Morgan fingerprint density at radius 2 is 1.71 bits per heavy atom. The largest absolute Gasteiger partial charge is 1.00 e. The summed E-state index contributed by atoms with van der Waals surface area (Å²) in [7, 11) is 0. The Hall–Kier alpha value is -2.04. The highest BCUT2D eigenvalue weighted by atomic mass is 35.5. The van der Waals surface area contributed by atoms with Crippen LogP contribution < -0.4 is 17.7 Å². The minimum atomic E-state index is -0.281. The summed E-state index contributed by atoms with van der Waals surface area (Å²) in [6.45, 7) is 1.19. The third kappa shape index (κ3) is 3.74. The van der Waals surface area contributed by atoms with E-state index in [0.29, 0.717) is 24.4 Å². The molecule has 0 amide bonds. The van der Waals surface area contributed by atoms with E-state index >= 15 is 0 Å². The van der Waals surface area contributed by atoms with Crippen LogP contribution in [0.5, 0.6) is 0 Å². The first kappa shape index (κ1) is 15.4. The molecule has 2 heterocycles. The van der Waals surface area contributed by atoms with Crippen molar-refractivity contribution < 1.29 is 25.6 Å². The van der Waals surface area contributed by atoms with E-state index in [0.717, 1.165) is 11.5 Å². The van der Waals surface area contributed by atoms with Crippen LogP contribution in [-0.4, -0.2) is 0 Å². The molecule has 0 aliphatic carbocycles. The fourth-order valence-corrected chi connectivity index (χ4v) is 2.00. The van der Waals surface area contributed by atoms with Gasteiger partial charge in [-0.05, 0) is 36.4 Å². The summed E-state index contributed by atoms with van der Waals surface area (Å²) in [5.74, 6) is 1.88. The van der Waals surface area contributed by atoms with Gasteiger partial charge in [-0.3, -0.25) is 0 Å². The van der Waals surface area contributed by atoms with E-state index in [-0.39, 0.29) is 18.2 Å². The van der Waals surface area contributed by atoms with E-state index < -0.39 is 0 Å². The van der Waals surface area contributed by atoms with Crippen LogP contribution in [0.2, 0.25) is 0 Å². The molecule has 2 aromatic heterocycles. The summed E-state index contributed by atoms with van der Waals surface area (Å²) in [4.78, 5) is 0. The van der Waals surface area contributed by atoms with E-state index in [4.69, 9.17) is 8.83 Å². The van der Waals surface area contributed by atoms with Crippen molar-refractivity contribution in [2.45, 2.75) is 13.1 Å². The lowest BCUT2D eigenvalue weighted by Gasteiger charge is -2.01. The highest BCUT2D eigenvalue weighted by Crippen LogP contribution is 2.24. The molecule has 0 bridgehead atoms. The second-order valence-electron chi connectivity index (χ2n) is 4.43. The fraction of sp³-hybridized carbons (Fsp3) is 0.125. The smallest absolute Gasteiger partial charge is 0.137 e. The zero-order valence-electron chi connectivity index (χ0n) is 11.2. The van der Waals surface area contributed by atoms with Crippen LogP contribution in [0.4, 0.5) is 4.39 Å². The van der Waals surface area contributed by atoms with E-state index in [1.165, 1.54) is 6.07 Å². The minimum Gasteiger partial charge on any atom is -1.00 e. The van der Waals surface area contributed by atoms with Gasteiger partial charge in [-0.1, -0.05) is 12.1 Å². The normalized spacial score (nSPS) is 10.3. The average Bonchev–Trinajstić information content (AvgIpc) is 3.11. The zero-order chi connectivity index (χ0) is 13.8. The number of rotatable bonds is 5. The molecule has 0 aliphatic rings. The van der Waals surface area contributed by atoms with Crippen molar-refractivity contribution in [1.29, 1.82) is 0 Å². The van der Waals surface area contributed by atoms with Crippen LogP contribution in [0.1, 0.15) is 11.5 Å². The van der Waals surface area contributed by atoms with Crippen LogP contribution in [-0.2, 0) is 13.1 Å². The standard InChI is InChI=1S/C16H14FNO2.ClH/c17-15-6-2-1-5-14(15)16-8-7-13(20-16)11-18-10-12-4-3-9-19-12;/h1-9,18H,10-11H2;1H/p-1. The monoisotopic (exact) mass is 306 g/mol. The fourth-order valence-electron chi connectivity index (χ4n) is 2.00. The number of hydrogen-bond donors (Lipinski definition) is 1. The van der Waals surface area contributed by atoms with Gasteiger partial charge < -0.3 is 26.6 Å². The van der Waals surface area contributed by atoms with Crippen molar-refractivity contribution in [2.75, 3.05) is 0 Å². The average molecular weight is 307 g/mol. The van der Waals surface area contributed by atoms with Crippen molar-refractivity contribution in [1.82, 2.24) is 5.32 Å². The predicted molar refractivity (Wildman–Crippen MR) is 73.4 cm³/mol. The van der Waals surface area contributed by atoms with E-state index in [1.54, 1.807) is 30.5 Å². The summed E-state index contributed by atoms with van der Waals surface area (Å²) in [5.41, 5.74) is 0.477. The molecule has 1 N–H and O–H groups in total. The Balaban J connectivity index is 0.00000161. The van der Waals surface area contributed by atoms with Crippen LogP contribution in [0.15, 0.2) is 63.6 Å². The highest BCUT2D eigenvalue weighted by Gasteiger charge is 2.08. The maximum Gasteiger partial charge on any atom is 0.137 e. The lowest BCUT2D eigenvalue weighted by atomic mass is 10.1. The third-order valence-electron chi connectivity index (χ3n) is 2.98. The molecular weight excluding hydrogens is 293 g/mol. The number of halogens is 2. The molecule has 3 rings (SSSR count). The van der Waals surface area contributed by atoms with Crippen molar-refractivity contribution in [2.24, 2.45) is 0 Å². The molecule has 0 saturated heterocycles. The van der Waals surface area contributed by atoms with Crippen molar-refractivity contribution in [3.8, 4) is 11.3 Å². The predicted octanol–water partition coefficient (Wildman–Crippen LogP) is 0.972. The van der Waals surface area contributed by atoms with Gasteiger partial charge in [0.15, 0.2) is 0 Å². The minimum absolute atomic E-state index is 0. The molecule has 0 saturated carbocycles. The SMILES string of the molecule is Fc1ccccc1-c1ccc(CNCc2ccco2)o1.[Cl-]. The number of furan rings is 2. The summed E-state index contributed by atoms with van der Waals surface area (Å²) >= 11 is 0. The molecule has 0 spiro atoms. The van der Waals surface area contributed by atoms with E-state index in [9.17, 15) is 4.39 Å². The lowest BCUT2D eigenvalue weighted by Crippen LogP contribution is -3.00. The molecule has 0 atom stereocenters. The van der Waals surface area contributed by atoms with Crippen LogP contribution in [0.25, 0.3) is 11.3 Å². The Morgan fingerprint density at radius 1 is 0.905 bits per heavy atom. The summed E-state index contributed by atoms with van der Waals surface area (Å²) in [6, 6.07) is 13.9. The second kappa shape index (κ2) is 7.11. The van der Waals surface area contributed by atoms with Crippen molar-refractivity contribution in [3.63, 3.8) is 0 Å². The molecule has 3 aromatic rings. The molecule has 0 fully saturated rings. The first-order valence-electron chi connectivity index (χ1n) is 6.39. The van der Waals surface area contributed by atoms with Crippen molar-refractivity contribution in [3.05, 3.63) is 72.1 Å². The summed E-state index contributed by atoms with van der Waals surface area (Å²) in [5, 5.41) is 3.20. The number of nitrogens with one attached hydrogen (secondary N) is 1. The van der Waals surface area contributed by atoms with E-state index in [1.807, 2.05) is 18.2 Å². The number of benzene rings is 1. The van der Waals surface area contributed by atoms with Gasteiger partial charge in [0.05, 0.1) is 24.9 Å². The van der Waals surface area contributed by atoms with Gasteiger partial charge in [-0.2, -0.15) is 0 Å². The quantitative estimate of drug-likeness (QED) is 0.763. The summed E-state index contributed by atoms with van der Waals surface area (Å²) < 4.78 is 24.5. The zero-order valence-corrected chi connectivity index (χ0v) is 11.9. The lowest BCUT2D eigenvalue weighted by molar-refractivity contribution is -0.00000573. The van der Waals surface area contributed by atoms with Gasteiger partial charge in [0.2, 0.25) is 0 Å². The third-order valence-corrected chi connectivity index (χ3v) is 2.98. The molecule has 5 heteroatoms. The van der Waals surface area contributed by atoms with Gasteiger partial charge in [0.1, 0.15) is 23.1 Å². The first-order chi connectivity index (χ1) is 9.83. The summed E-state index contributed by atoms with van der Waals surface area (Å²) in [6.07, 6.45) is 1.64. The van der Waals surface area contributed by atoms with Gasteiger partial charge >= 0.3 is 0 Å². The Bertz CT molecular complexity index is 679. The second-order valence-corrected chi connectivity index (χ2v) is 4.43. The Labute approximate surface area is 128 Å². The first-order valence-corrected chi connectivity index (χ1v) is 6.39. The topological polar surface area (TPSA) is 38.3 Å².